The fraction of sp³-hybridized carbons (Fsp3) is 0.111. The van der Waals surface area contributed by atoms with Crippen molar-refractivity contribution in [3.05, 3.63) is 459 Å². The van der Waals surface area contributed by atoms with Crippen molar-refractivity contribution in [1.82, 2.24) is 102 Å². The van der Waals surface area contributed by atoms with Crippen LogP contribution in [0.4, 0.5) is 0 Å². The summed E-state index contributed by atoms with van der Waals surface area (Å²) in [5, 5.41) is 59.5. The number of thioether (sulfide) groups is 2. The lowest BCUT2D eigenvalue weighted by atomic mass is 10.0. The highest BCUT2D eigenvalue weighted by Gasteiger charge is 2.11. The highest BCUT2D eigenvalue weighted by atomic mass is 32.2. The van der Waals surface area contributed by atoms with Crippen molar-refractivity contribution in [2.45, 2.75) is 85.9 Å². The summed E-state index contributed by atoms with van der Waals surface area (Å²) in [6, 6.07) is 117. The summed E-state index contributed by atoms with van der Waals surface area (Å²) < 4.78 is 17.6. The Hall–Kier alpha value is -16.4. The molecule has 20 rings (SSSR count). The van der Waals surface area contributed by atoms with Crippen LogP contribution in [0.25, 0.3) is 80.1 Å². The number of benzene rings is 12. The van der Waals surface area contributed by atoms with Crippen LogP contribution < -0.4 is 14.2 Å². The Morgan fingerprint density at radius 2 is 0.677 bits per heavy atom. The molecule has 0 fully saturated rings. The van der Waals surface area contributed by atoms with Crippen LogP contribution in [0.15, 0.2) is 362 Å². The molecule has 0 spiro atoms. The Bertz CT molecular complexity index is 7210. The van der Waals surface area contributed by atoms with E-state index >= 15 is 0 Å². The fourth-order valence-corrected chi connectivity index (χ4v) is 16.3. The summed E-state index contributed by atoms with van der Waals surface area (Å²) in [5.41, 5.74) is 21.7. The van der Waals surface area contributed by atoms with E-state index in [0.717, 1.165) is 146 Å². The Kier molecular flexibility index (Phi) is 31.0. The number of aryl methyl sites for hydroxylation is 4. The number of hydrogen-bond donors (Lipinski definition) is 4. The topological polar surface area (TPSA) is 297 Å². The molecule has 12 aromatic carbocycles. The minimum atomic E-state index is 0.431. The van der Waals surface area contributed by atoms with E-state index in [-0.39, 0.29) is 0 Å². The second-order valence-corrected chi connectivity index (χ2v) is 33.3. The zero-order chi connectivity index (χ0) is 89.9. The molecular formula is C108H92N20O3S2. The number of tetrazole rings is 4. The lowest BCUT2D eigenvalue weighted by molar-refractivity contribution is 0.301. The average Bonchev–Trinajstić information content (AvgIpc) is 1.07. The van der Waals surface area contributed by atoms with E-state index in [0.29, 0.717) is 42.9 Å². The number of rotatable bonds is 33. The molecule has 23 nitrogen and oxygen atoms in total. The van der Waals surface area contributed by atoms with Gasteiger partial charge in [-0.25, -0.2) is 30.4 Å². The van der Waals surface area contributed by atoms with E-state index in [9.17, 15) is 0 Å². The number of hydrogen-bond acceptors (Lipinski definition) is 21. The quantitative estimate of drug-likeness (QED) is 0.0219. The SMILES string of the molecule is C(=COc1ccc(Cc2cccc(OCc3ccc4ccccc4n3)c2)cc1)Cc1nnn[nH]1.C(=Cc1nnn[nH]1)c1cccc(CCCc2ccc(OCc3ccc4ccccc4n3)cc2)c1.C(=Cc1nnn[nH]1)c1cccc(CCc2ccc(SCc3ccc4ccccc4n3)cc2)c1.C(=Cc1nnn[nH]1)c1cccc(Cc2cccc(SCc3ccc4ccccc4n3)c2)c1. The maximum atomic E-state index is 6.02. The average molecular weight is 1780 g/mol. The van der Waals surface area contributed by atoms with E-state index in [4.69, 9.17) is 24.2 Å². The number of H-pyrrole nitrogens is 4. The molecule has 0 radical (unpaired) electrons. The van der Waals surface area contributed by atoms with E-state index in [2.05, 4.69) is 323 Å². The van der Waals surface area contributed by atoms with Gasteiger partial charge in [0.05, 0.1) is 51.1 Å². The van der Waals surface area contributed by atoms with E-state index in [1.165, 1.54) is 65.1 Å². The maximum Gasteiger partial charge on any atom is 0.172 e. The smallest absolute Gasteiger partial charge is 0.172 e. The van der Waals surface area contributed by atoms with Gasteiger partial charge in [-0.1, -0.05) is 249 Å². The Morgan fingerprint density at radius 3 is 1.20 bits per heavy atom. The van der Waals surface area contributed by atoms with Crippen molar-refractivity contribution >= 4 is 104 Å². The second kappa shape index (κ2) is 46.6. The lowest BCUT2D eigenvalue weighted by Gasteiger charge is -2.09. The van der Waals surface area contributed by atoms with Gasteiger partial charge >= 0.3 is 0 Å². The van der Waals surface area contributed by atoms with Gasteiger partial charge in [-0.15, -0.1) is 43.9 Å². The standard InChI is InChI=1S/C28H25N5O.C27H23N5O2.C27H23N5S.C26H21N5S/c1-2-10-27-24(9-1)14-15-25(29-27)20-34-26-16-11-21(12-17-26)5-3-6-22-7-4-8-23(19-22)13-18-28-30-32-33-31-28;1-2-8-26-22(6-1)12-13-23(28-26)19-34-25-7-3-5-21(18-25)17-20-10-14-24(15-11-20)33-16-4-9-27-29-31-32-30-27;1-2-7-26-23(6-1)13-14-24(28-26)19-33-25-15-10-20(11-16-25)8-9-21-4-3-5-22(18-21)12-17-27-29-31-32-30-27;1-2-10-25-22(8-1)12-13-23(27-25)18-32-24-9-4-7-21(17-24)16-20-6-3-5-19(15-20)11-14-26-28-30-31-29-26/h1-2,4,7-19H,3,5-6,20H2,(H,30,31,32,33);1-8,10-16,18H,9,17,19H2,(H,29,30,31,32);1-7,10-18H,8-9,19H2,(H,29,30,31,32);1-15,17H,16,18H2,(H,28,29,30,31). The van der Waals surface area contributed by atoms with Crippen molar-refractivity contribution in [1.29, 1.82) is 0 Å². The van der Waals surface area contributed by atoms with Crippen molar-refractivity contribution in [3.63, 3.8) is 0 Å². The molecule has 0 saturated heterocycles. The van der Waals surface area contributed by atoms with Gasteiger partial charge in [0.2, 0.25) is 0 Å². The monoisotopic (exact) mass is 1780 g/mol. The first-order valence-corrected chi connectivity index (χ1v) is 45.7. The molecule has 0 amide bonds. The highest BCUT2D eigenvalue weighted by molar-refractivity contribution is 7.98. The Labute approximate surface area is 777 Å². The molecule has 8 heterocycles. The number of nitrogens with zero attached hydrogens (tertiary/aromatic N) is 16. The molecule has 4 N–H and O–H groups in total. The first kappa shape index (κ1) is 88.6. The van der Waals surface area contributed by atoms with Crippen LogP contribution >= 0.6 is 23.5 Å². The maximum absolute atomic E-state index is 6.02. The number of para-hydroxylation sites is 4. The Balaban J connectivity index is 0.000000124. The van der Waals surface area contributed by atoms with Crippen LogP contribution in [0, 0.1) is 0 Å². The molecule has 0 unspecified atom stereocenters. The summed E-state index contributed by atoms with van der Waals surface area (Å²) in [6.07, 6.45) is 22.6. The van der Waals surface area contributed by atoms with Crippen LogP contribution in [0.5, 0.6) is 17.2 Å². The van der Waals surface area contributed by atoms with Crippen LogP contribution in [-0.4, -0.2) is 102 Å². The Morgan fingerprint density at radius 1 is 0.278 bits per heavy atom. The number of aromatic amines is 4. The minimum Gasteiger partial charge on any atom is -0.487 e. The molecule has 0 aliphatic heterocycles. The third-order valence-corrected chi connectivity index (χ3v) is 23.5. The van der Waals surface area contributed by atoms with E-state index in [1.54, 1.807) is 6.26 Å². The van der Waals surface area contributed by atoms with E-state index < -0.39 is 0 Å². The van der Waals surface area contributed by atoms with Crippen LogP contribution in [-0.2, 0) is 69.7 Å². The van der Waals surface area contributed by atoms with Crippen molar-refractivity contribution in [2.24, 2.45) is 0 Å². The number of pyridine rings is 4. The molecule has 20 aromatic rings. The summed E-state index contributed by atoms with van der Waals surface area (Å²) in [6.45, 7) is 0.892. The summed E-state index contributed by atoms with van der Waals surface area (Å²) >= 11 is 3.65. The third kappa shape index (κ3) is 27.6. The number of allylic oxidation sites excluding steroid dienone is 1. The largest absolute Gasteiger partial charge is 0.487 e. The molecule has 0 saturated carbocycles. The summed E-state index contributed by atoms with van der Waals surface area (Å²) in [5.74, 6) is 6.81. The molecule has 0 bridgehead atoms. The molecule has 0 aliphatic rings. The summed E-state index contributed by atoms with van der Waals surface area (Å²) in [7, 11) is 0. The molecule has 654 valence electrons. The summed E-state index contributed by atoms with van der Waals surface area (Å²) in [4.78, 5) is 21.4. The van der Waals surface area contributed by atoms with Crippen molar-refractivity contribution < 1.29 is 14.2 Å². The zero-order valence-electron chi connectivity index (χ0n) is 72.6. The highest BCUT2D eigenvalue weighted by Crippen LogP contribution is 2.30. The first-order valence-electron chi connectivity index (χ1n) is 43.7. The van der Waals surface area contributed by atoms with Gasteiger partial charge in [0.25, 0.3) is 0 Å². The minimum absolute atomic E-state index is 0.431. The number of nitrogens with one attached hydrogen (secondary N) is 4. The predicted octanol–water partition coefficient (Wildman–Crippen LogP) is 22.5. The molecule has 133 heavy (non-hydrogen) atoms. The van der Waals surface area contributed by atoms with Gasteiger partial charge in [0.15, 0.2) is 23.3 Å². The normalized spacial score (nSPS) is 11.3. The van der Waals surface area contributed by atoms with Gasteiger partial charge in [-0.05, 0) is 281 Å². The van der Waals surface area contributed by atoms with E-state index in [1.807, 2.05) is 175 Å². The molecule has 0 aliphatic carbocycles. The molecular weight excluding hydrogens is 1690 g/mol. The first-order chi connectivity index (χ1) is 65.8. The van der Waals surface area contributed by atoms with Crippen molar-refractivity contribution in [2.75, 3.05) is 0 Å². The lowest BCUT2D eigenvalue weighted by Crippen LogP contribution is -1.99. The number of fused-ring (bicyclic) bond motifs is 4. The fourth-order valence-electron chi connectivity index (χ4n) is 14.6. The third-order valence-electron chi connectivity index (χ3n) is 21.4. The molecule has 0 atom stereocenters. The molecule has 8 aromatic heterocycles. The van der Waals surface area contributed by atoms with Gasteiger partial charge in [0, 0.05) is 49.3 Å². The zero-order valence-corrected chi connectivity index (χ0v) is 74.3. The number of ether oxygens (including phenoxy) is 3. The predicted molar refractivity (Wildman–Crippen MR) is 528 cm³/mol. The molecule has 25 heteroatoms. The number of aromatic nitrogens is 20. The van der Waals surface area contributed by atoms with Gasteiger partial charge in [-0.3, -0.25) is 9.97 Å². The van der Waals surface area contributed by atoms with Crippen LogP contribution in [0.2, 0.25) is 0 Å². The van der Waals surface area contributed by atoms with Gasteiger partial charge < -0.3 is 14.2 Å². The van der Waals surface area contributed by atoms with Crippen molar-refractivity contribution in [3.8, 4) is 17.2 Å². The second-order valence-electron chi connectivity index (χ2n) is 31.2. The van der Waals surface area contributed by atoms with Crippen LogP contribution in [0.3, 0.4) is 0 Å². The van der Waals surface area contributed by atoms with Gasteiger partial charge in [0.1, 0.15) is 30.5 Å². The van der Waals surface area contributed by atoms with Crippen LogP contribution in [0.1, 0.15) is 114 Å². The van der Waals surface area contributed by atoms with Gasteiger partial charge in [-0.2, -0.15) is 0 Å².